The molecule has 186 valence electrons. The molecular formula is C28H34N2O5. The van der Waals surface area contributed by atoms with Gasteiger partial charge in [-0.15, -0.1) is 0 Å². The van der Waals surface area contributed by atoms with E-state index in [0.717, 1.165) is 35.1 Å². The highest BCUT2D eigenvalue weighted by Gasteiger charge is 2.42. The van der Waals surface area contributed by atoms with Crippen molar-refractivity contribution in [1.29, 1.82) is 0 Å². The van der Waals surface area contributed by atoms with Gasteiger partial charge in [0, 0.05) is 18.4 Å². The molecule has 0 saturated heterocycles. The van der Waals surface area contributed by atoms with Crippen molar-refractivity contribution in [3.63, 3.8) is 0 Å². The Morgan fingerprint density at radius 2 is 1.69 bits per heavy atom. The zero-order valence-corrected chi connectivity index (χ0v) is 20.4. The number of hydrogen-bond donors (Lipinski definition) is 3. The molecule has 7 heteroatoms. The van der Waals surface area contributed by atoms with Crippen LogP contribution in [0.25, 0.3) is 11.1 Å². The first kappa shape index (κ1) is 24.8. The van der Waals surface area contributed by atoms with Crippen molar-refractivity contribution < 1.29 is 24.2 Å². The largest absolute Gasteiger partial charge is 0.481 e. The van der Waals surface area contributed by atoms with Crippen LogP contribution in [-0.4, -0.2) is 41.3 Å². The minimum absolute atomic E-state index is 0.0317. The smallest absolute Gasteiger partial charge is 0.407 e. The van der Waals surface area contributed by atoms with Crippen molar-refractivity contribution in [2.24, 2.45) is 5.92 Å². The summed E-state index contributed by atoms with van der Waals surface area (Å²) < 4.78 is 5.61. The summed E-state index contributed by atoms with van der Waals surface area (Å²) in [5, 5.41) is 15.3. The van der Waals surface area contributed by atoms with Crippen molar-refractivity contribution in [3.05, 3.63) is 59.7 Å². The molecule has 0 aliphatic heterocycles. The van der Waals surface area contributed by atoms with Crippen molar-refractivity contribution in [3.8, 4) is 11.1 Å². The molecule has 3 N–H and O–H groups in total. The van der Waals surface area contributed by atoms with Gasteiger partial charge in [-0.25, -0.2) is 4.79 Å². The molecule has 1 saturated carbocycles. The Kier molecular flexibility index (Phi) is 7.43. The number of aliphatic carboxylic acids is 1. The van der Waals surface area contributed by atoms with Crippen LogP contribution in [0.1, 0.15) is 69.4 Å². The van der Waals surface area contributed by atoms with Crippen LogP contribution in [0.3, 0.4) is 0 Å². The van der Waals surface area contributed by atoms with E-state index in [1.54, 1.807) is 0 Å². The second kappa shape index (κ2) is 10.5. The molecule has 0 heterocycles. The number of benzene rings is 2. The number of nitrogens with one attached hydrogen (secondary N) is 2. The Morgan fingerprint density at radius 3 is 2.29 bits per heavy atom. The molecule has 2 aliphatic rings. The summed E-state index contributed by atoms with van der Waals surface area (Å²) in [7, 11) is 0. The number of carboxylic acids is 1. The molecule has 2 aromatic rings. The Hall–Kier alpha value is -3.35. The maximum atomic E-state index is 12.8. The fourth-order valence-electron chi connectivity index (χ4n) is 5.58. The van der Waals surface area contributed by atoms with Crippen molar-refractivity contribution >= 4 is 18.0 Å². The minimum Gasteiger partial charge on any atom is -0.481 e. The average molecular weight is 479 g/mol. The summed E-state index contributed by atoms with van der Waals surface area (Å²) in [5.74, 6) is -1.77. The van der Waals surface area contributed by atoms with Gasteiger partial charge in [0.05, 0.1) is 11.5 Å². The highest BCUT2D eigenvalue weighted by molar-refractivity contribution is 5.81. The number of alkyl carbamates (subject to hydrolysis) is 1. The summed E-state index contributed by atoms with van der Waals surface area (Å²) in [5.41, 5.74) is 3.83. The number of ether oxygens (including phenoxy) is 1. The van der Waals surface area contributed by atoms with Gasteiger partial charge in [-0.2, -0.15) is 0 Å². The van der Waals surface area contributed by atoms with Crippen LogP contribution in [0.15, 0.2) is 48.5 Å². The Morgan fingerprint density at radius 1 is 1.06 bits per heavy atom. The van der Waals surface area contributed by atoms with Gasteiger partial charge in [-0.05, 0) is 48.4 Å². The number of carbonyl (C=O) groups is 3. The molecule has 2 aromatic carbocycles. The van der Waals surface area contributed by atoms with Crippen LogP contribution < -0.4 is 10.6 Å². The molecule has 0 bridgehead atoms. The summed E-state index contributed by atoms with van der Waals surface area (Å²) >= 11 is 0. The molecule has 2 aliphatic carbocycles. The fraction of sp³-hybridized carbons (Fsp3) is 0.464. The summed E-state index contributed by atoms with van der Waals surface area (Å²) in [4.78, 5) is 37.1. The summed E-state index contributed by atoms with van der Waals surface area (Å²) in [6, 6.07) is 15.9. The first-order chi connectivity index (χ1) is 16.8. The van der Waals surface area contributed by atoms with E-state index >= 15 is 0 Å². The van der Waals surface area contributed by atoms with Crippen molar-refractivity contribution in [1.82, 2.24) is 10.6 Å². The molecule has 7 nitrogen and oxygen atoms in total. The minimum atomic E-state index is -0.878. The van der Waals surface area contributed by atoms with Gasteiger partial charge in [-0.3, -0.25) is 9.59 Å². The second-order valence-electron chi connectivity index (χ2n) is 9.88. The monoisotopic (exact) mass is 478 g/mol. The number of carbonyl (C=O) groups excluding carboxylic acids is 2. The standard InChI is InChI=1S/C28H34N2O5/c1-3-18(16-25(31)30-28(2)15-9-8-14-24(28)26(32)33)29-27(34)35-17-23-21-12-6-4-10-19(21)20-11-5-7-13-22(20)23/h4-7,10-13,18,23-24H,3,8-9,14-17H2,1-2H3,(H,29,34)(H,30,31)(H,32,33). The van der Waals surface area contributed by atoms with E-state index in [2.05, 4.69) is 34.9 Å². The van der Waals surface area contributed by atoms with Crippen LogP contribution in [0.5, 0.6) is 0 Å². The molecule has 0 aromatic heterocycles. The van der Waals surface area contributed by atoms with Crippen LogP contribution in [0.4, 0.5) is 4.79 Å². The number of amides is 2. The average Bonchev–Trinajstić information content (AvgIpc) is 3.15. The number of hydrogen-bond acceptors (Lipinski definition) is 4. The second-order valence-corrected chi connectivity index (χ2v) is 9.88. The van der Waals surface area contributed by atoms with E-state index in [1.165, 1.54) is 0 Å². The molecule has 0 spiro atoms. The SMILES string of the molecule is CCC(CC(=O)NC1(C)CCCCC1C(=O)O)NC(=O)OCC1c2ccccc2-c2ccccc21. The van der Waals surface area contributed by atoms with Gasteiger partial charge < -0.3 is 20.5 Å². The van der Waals surface area contributed by atoms with E-state index in [-0.39, 0.29) is 24.9 Å². The third-order valence-electron chi connectivity index (χ3n) is 7.52. The third kappa shape index (κ3) is 5.34. The molecule has 0 radical (unpaired) electrons. The first-order valence-electron chi connectivity index (χ1n) is 12.5. The van der Waals surface area contributed by atoms with Gasteiger partial charge in [0.15, 0.2) is 0 Å². The predicted molar refractivity (Wildman–Crippen MR) is 133 cm³/mol. The predicted octanol–water partition coefficient (Wildman–Crippen LogP) is 4.84. The van der Waals surface area contributed by atoms with Crippen LogP contribution in [-0.2, 0) is 14.3 Å². The summed E-state index contributed by atoms with van der Waals surface area (Å²) in [6.45, 7) is 3.91. The lowest BCUT2D eigenvalue weighted by Crippen LogP contribution is -2.56. The molecule has 1 fully saturated rings. The summed E-state index contributed by atoms with van der Waals surface area (Å²) in [6.07, 6.45) is 2.99. The topological polar surface area (TPSA) is 105 Å². The fourth-order valence-corrected chi connectivity index (χ4v) is 5.58. The van der Waals surface area contributed by atoms with E-state index in [0.29, 0.717) is 19.3 Å². The zero-order chi connectivity index (χ0) is 25.0. The number of carboxylic acid groups (broad SMARTS) is 1. The van der Waals surface area contributed by atoms with E-state index in [4.69, 9.17) is 4.74 Å². The van der Waals surface area contributed by atoms with E-state index < -0.39 is 29.6 Å². The quantitative estimate of drug-likeness (QED) is 0.503. The lowest BCUT2D eigenvalue weighted by Gasteiger charge is -2.40. The first-order valence-corrected chi connectivity index (χ1v) is 12.5. The highest BCUT2D eigenvalue weighted by Crippen LogP contribution is 2.44. The Bertz CT molecular complexity index is 1050. The normalized spacial score (nSPS) is 21.9. The molecule has 3 unspecified atom stereocenters. The third-order valence-corrected chi connectivity index (χ3v) is 7.52. The highest BCUT2D eigenvalue weighted by atomic mass is 16.5. The van der Waals surface area contributed by atoms with Gasteiger partial charge in [0.2, 0.25) is 5.91 Å². The molecule has 3 atom stereocenters. The Balaban J connectivity index is 1.33. The van der Waals surface area contributed by atoms with Crippen LogP contribution >= 0.6 is 0 Å². The van der Waals surface area contributed by atoms with Gasteiger partial charge in [-0.1, -0.05) is 68.3 Å². The van der Waals surface area contributed by atoms with Gasteiger partial charge >= 0.3 is 12.1 Å². The van der Waals surface area contributed by atoms with Gasteiger partial charge in [0.25, 0.3) is 0 Å². The molecule has 35 heavy (non-hydrogen) atoms. The molecular weight excluding hydrogens is 444 g/mol. The zero-order valence-electron chi connectivity index (χ0n) is 20.4. The van der Waals surface area contributed by atoms with E-state index in [1.807, 2.05) is 38.1 Å². The Labute approximate surface area is 206 Å². The molecule has 2 amide bonds. The lowest BCUT2D eigenvalue weighted by atomic mass is 9.74. The lowest BCUT2D eigenvalue weighted by molar-refractivity contribution is -0.146. The van der Waals surface area contributed by atoms with Crippen LogP contribution in [0, 0.1) is 5.92 Å². The maximum absolute atomic E-state index is 12.8. The van der Waals surface area contributed by atoms with E-state index in [9.17, 15) is 19.5 Å². The van der Waals surface area contributed by atoms with Crippen molar-refractivity contribution in [2.45, 2.75) is 69.9 Å². The number of rotatable bonds is 8. The van der Waals surface area contributed by atoms with Gasteiger partial charge in [0.1, 0.15) is 6.61 Å². The number of fused-ring (bicyclic) bond motifs is 3. The van der Waals surface area contributed by atoms with Crippen LogP contribution in [0.2, 0.25) is 0 Å². The molecule has 4 rings (SSSR count). The van der Waals surface area contributed by atoms with Crippen molar-refractivity contribution in [2.75, 3.05) is 6.61 Å². The maximum Gasteiger partial charge on any atom is 0.407 e.